The average molecular weight is 197 g/mol. The molecule has 0 bridgehead atoms. The van der Waals surface area contributed by atoms with Gasteiger partial charge >= 0.3 is 5.97 Å². The summed E-state index contributed by atoms with van der Waals surface area (Å²) in [6.45, 7) is 2.69. The molecule has 14 heavy (non-hydrogen) atoms. The van der Waals surface area contributed by atoms with E-state index in [0.717, 1.165) is 0 Å². The first-order valence-electron chi connectivity index (χ1n) is 4.48. The van der Waals surface area contributed by atoms with E-state index in [-0.39, 0.29) is 18.8 Å². The Morgan fingerprint density at radius 3 is 2.93 bits per heavy atom. The molecule has 1 aliphatic rings. The molecule has 0 N–H and O–H groups in total. The van der Waals surface area contributed by atoms with Gasteiger partial charge in [0.05, 0.1) is 21.1 Å². The highest BCUT2D eigenvalue weighted by molar-refractivity contribution is 6.19. The van der Waals surface area contributed by atoms with Crippen LogP contribution < -0.4 is 0 Å². The number of amides is 1. The molecule has 1 aliphatic heterocycles. The van der Waals surface area contributed by atoms with Crippen molar-refractivity contribution in [2.45, 2.75) is 19.5 Å². The van der Waals surface area contributed by atoms with Gasteiger partial charge in [-0.1, -0.05) is 0 Å². The van der Waals surface area contributed by atoms with E-state index in [1.807, 2.05) is 0 Å². The van der Waals surface area contributed by atoms with Gasteiger partial charge in [-0.25, -0.2) is 4.79 Å². The summed E-state index contributed by atoms with van der Waals surface area (Å²) in [6.07, 6.45) is -1.04. The molecule has 1 amide bonds. The van der Waals surface area contributed by atoms with E-state index in [0.29, 0.717) is 13.2 Å². The molecule has 0 spiro atoms. The lowest BCUT2D eigenvalue weighted by molar-refractivity contribution is -0.165. The number of hydrogen-bond acceptors (Lipinski definition) is 4. The van der Waals surface area contributed by atoms with Crippen molar-refractivity contribution in [1.29, 1.82) is 0 Å². The van der Waals surface area contributed by atoms with E-state index in [9.17, 15) is 9.59 Å². The number of nitrogens with zero attached hydrogens (tertiary/aromatic N) is 1. The summed E-state index contributed by atoms with van der Waals surface area (Å²) in [4.78, 5) is 23.8. The fourth-order valence-corrected chi connectivity index (χ4v) is 1.25. The highest BCUT2D eigenvalue weighted by atomic mass is 16.6. The minimum absolute atomic E-state index is 0.126. The molecule has 0 aliphatic carbocycles. The number of esters is 1. The minimum atomic E-state index is -0.911. The molecule has 1 saturated heterocycles. The van der Waals surface area contributed by atoms with Crippen LogP contribution in [0, 0.1) is 0 Å². The normalized spacial score (nSPS) is 20.9. The van der Waals surface area contributed by atoms with Crippen molar-refractivity contribution in [3.63, 3.8) is 0 Å². The monoisotopic (exact) mass is 197 g/mol. The molecule has 0 saturated carbocycles. The first-order valence-corrected chi connectivity index (χ1v) is 4.48. The van der Waals surface area contributed by atoms with Crippen LogP contribution in [-0.2, 0) is 19.1 Å². The van der Waals surface area contributed by atoms with Gasteiger partial charge in [-0.3, -0.25) is 4.79 Å². The van der Waals surface area contributed by atoms with Crippen LogP contribution in [0.15, 0.2) is 0 Å². The fraction of sp³-hybridized carbons (Fsp3) is 0.750. The largest absolute Gasteiger partial charge is 0.463 e. The molecule has 0 aromatic rings. The molecule has 76 valence electrons. The molecule has 1 rings (SSSR count). The van der Waals surface area contributed by atoms with E-state index in [4.69, 9.17) is 17.3 Å². The van der Waals surface area contributed by atoms with Gasteiger partial charge in [-0.05, 0) is 13.2 Å². The number of carbonyl (C=O) groups excluding carboxylic acids is 2. The Labute approximate surface area is 83.7 Å². The van der Waals surface area contributed by atoms with Gasteiger partial charge in [-0.15, -0.1) is 0 Å². The maximum atomic E-state index is 11.3. The molecule has 0 aromatic carbocycles. The Hall–Kier alpha value is -1.04. The Bertz CT molecular complexity index is 233. The molecule has 1 unspecified atom stereocenters. The van der Waals surface area contributed by atoms with Gasteiger partial charge in [0.15, 0.2) is 0 Å². The summed E-state index contributed by atoms with van der Waals surface area (Å²) >= 11 is 0. The predicted molar refractivity (Wildman–Crippen MR) is 48.6 cm³/mol. The van der Waals surface area contributed by atoms with Crippen LogP contribution in [0.1, 0.15) is 6.92 Å². The molecule has 1 heterocycles. The third-order valence-electron chi connectivity index (χ3n) is 1.87. The Kier molecular flexibility index (Phi) is 3.94. The number of rotatable bonds is 3. The molecule has 6 heteroatoms. The van der Waals surface area contributed by atoms with Crippen LogP contribution in [-0.4, -0.2) is 50.6 Å². The quantitative estimate of drug-likeness (QED) is 0.444. The van der Waals surface area contributed by atoms with Gasteiger partial charge in [0, 0.05) is 6.54 Å². The lowest BCUT2D eigenvalue weighted by atomic mass is 10.0. The molecule has 1 atom stereocenters. The van der Waals surface area contributed by atoms with Crippen LogP contribution in [0.5, 0.6) is 0 Å². The average Bonchev–Trinajstić information content (AvgIpc) is 2.65. The summed E-state index contributed by atoms with van der Waals surface area (Å²) in [7, 11) is 5.19. The maximum absolute atomic E-state index is 11.3. The van der Waals surface area contributed by atoms with Crippen LogP contribution in [0.3, 0.4) is 0 Å². The van der Waals surface area contributed by atoms with Crippen LogP contribution in [0.25, 0.3) is 0 Å². The molecular formula is C8H12BNO4. The van der Waals surface area contributed by atoms with E-state index in [1.165, 1.54) is 4.90 Å². The zero-order valence-corrected chi connectivity index (χ0v) is 8.06. The summed E-state index contributed by atoms with van der Waals surface area (Å²) in [5.41, 5.74) is 0. The Balaban J connectivity index is 2.59. The second kappa shape index (κ2) is 5.00. The fourth-order valence-electron chi connectivity index (χ4n) is 1.25. The zero-order valence-electron chi connectivity index (χ0n) is 8.06. The van der Waals surface area contributed by atoms with Crippen molar-refractivity contribution in [2.75, 3.05) is 19.8 Å². The summed E-state index contributed by atoms with van der Waals surface area (Å²) < 4.78 is 9.83. The standard InChI is InChI=1S/C8H12BNO4/c1-2-13-8(12)7-10(3-4-14-7)6(11)5-9/h7H,2-5H2,1H3. The lowest BCUT2D eigenvalue weighted by Crippen LogP contribution is -2.41. The summed E-state index contributed by atoms with van der Waals surface area (Å²) in [6, 6.07) is 0. The van der Waals surface area contributed by atoms with Gasteiger partial charge in [0.1, 0.15) is 0 Å². The third-order valence-corrected chi connectivity index (χ3v) is 1.87. The second-order valence-electron chi connectivity index (χ2n) is 2.77. The number of ether oxygens (including phenoxy) is 2. The van der Waals surface area contributed by atoms with Crippen molar-refractivity contribution in [3.05, 3.63) is 0 Å². The number of carbonyl (C=O) groups is 2. The molecule has 2 radical (unpaired) electrons. The summed E-state index contributed by atoms with van der Waals surface area (Å²) in [5.74, 6) is -0.840. The summed E-state index contributed by atoms with van der Waals surface area (Å²) in [5, 5.41) is 0. The topological polar surface area (TPSA) is 55.8 Å². The van der Waals surface area contributed by atoms with Crippen molar-refractivity contribution < 1.29 is 19.1 Å². The van der Waals surface area contributed by atoms with Crippen molar-refractivity contribution >= 4 is 19.7 Å². The van der Waals surface area contributed by atoms with Gasteiger partial charge < -0.3 is 14.4 Å². The smallest absolute Gasteiger partial charge is 0.356 e. The molecule has 1 fully saturated rings. The maximum Gasteiger partial charge on any atom is 0.356 e. The molecule has 0 aromatic heterocycles. The van der Waals surface area contributed by atoms with Crippen LogP contribution in [0.2, 0.25) is 6.32 Å². The van der Waals surface area contributed by atoms with Gasteiger partial charge in [0.2, 0.25) is 12.1 Å². The zero-order chi connectivity index (χ0) is 10.6. The minimum Gasteiger partial charge on any atom is -0.463 e. The van der Waals surface area contributed by atoms with Crippen molar-refractivity contribution in [3.8, 4) is 0 Å². The number of hydrogen-bond donors (Lipinski definition) is 0. The van der Waals surface area contributed by atoms with E-state index in [1.54, 1.807) is 6.92 Å². The van der Waals surface area contributed by atoms with E-state index >= 15 is 0 Å². The predicted octanol–water partition coefficient (Wildman–Crippen LogP) is -0.679. The molecule has 5 nitrogen and oxygen atoms in total. The van der Waals surface area contributed by atoms with Gasteiger partial charge in [-0.2, -0.15) is 0 Å². The van der Waals surface area contributed by atoms with E-state index in [2.05, 4.69) is 0 Å². The highest BCUT2D eigenvalue weighted by Gasteiger charge is 2.35. The molecular weight excluding hydrogens is 185 g/mol. The third kappa shape index (κ3) is 2.26. The van der Waals surface area contributed by atoms with E-state index < -0.39 is 12.2 Å². The second-order valence-corrected chi connectivity index (χ2v) is 2.77. The van der Waals surface area contributed by atoms with Crippen LogP contribution in [0.4, 0.5) is 0 Å². The van der Waals surface area contributed by atoms with Crippen molar-refractivity contribution in [2.24, 2.45) is 0 Å². The Morgan fingerprint density at radius 1 is 1.64 bits per heavy atom. The first-order chi connectivity index (χ1) is 6.70. The highest BCUT2D eigenvalue weighted by Crippen LogP contribution is 2.12. The lowest BCUT2D eigenvalue weighted by Gasteiger charge is -2.20. The van der Waals surface area contributed by atoms with Gasteiger partial charge in [0.25, 0.3) is 0 Å². The van der Waals surface area contributed by atoms with Crippen LogP contribution >= 0.6 is 0 Å². The SMILES string of the molecule is [B]CC(=O)N1CCOC1C(=O)OCC. The Morgan fingerprint density at radius 2 is 2.36 bits per heavy atom. The van der Waals surface area contributed by atoms with Crippen molar-refractivity contribution in [1.82, 2.24) is 4.90 Å². The first kappa shape index (κ1) is 11.0.